The third kappa shape index (κ3) is 1.58. The second-order valence-corrected chi connectivity index (χ2v) is 3.64. The van der Waals surface area contributed by atoms with Gasteiger partial charge in [-0.05, 0) is 11.4 Å². The molecule has 0 amide bonds. The SMILES string of the molecule is NCc1noc(-c2sccc2Cl)n1. The molecule has 0 spiro atoms. The summed E-state index contributed by atoms with van der Waals surface area (Å²) >= 11 is 7.34. The average Bonchev–Trinajstić information content (AvgIpc) is 2.71. The van der Waals surface area contributed by atoms with E-state index in [2.05, 4.69) is 10.1 Å². The minimum absolute atomic E-state index is 0.270. The van der Waals surface area contributed by atoms with Crippen molar-refractivity contribution in [3.05, 3.63) is 22.3 Å². The van der Waals surface area contributed by atoms with Gasteiger partial charge in [0.1, 0.15) is 4.88 Å². The van der Waals surface area contributed by atoms with Crippen LogP contribution in [0.4, 0.5) is 0 Å². The highest BCUT2D eigenvalue weighted by Gasteiger charge is 2.12. The first kappa shape index (κ1) is 8.68. The van der Waals surface area contributed by atoms with Crippen LogP contribution in [-0.4, -0.2) is 10.1 Å². The van der Waals surface area contributed by atoms with E-state index in [4.69, 9.17) is 21.9 Å². The van der Waals surface area contributed by atoms with Crippen LogP contribution in [0.3, 0.4) is 0 Å². The molecule has 2 heterocycles. The highest BCUT2D eigenvalue weighted by atomic mass is 35.5. The minimum Gasteiger partial charge on any atom is -0.333 e. The second-order valence-electron chi connectivity index (χ2n) is 2.32. The lowest BCUT2D eigenvalue weighted by molar-refractivity contribution is 0.423. The van der Waals surface area contributed by atoms with Crippen LogP contribution < -0.4 is 5.73 Å². The Balaban J connectivity index is 2.41. The molecule has 0 aliphatic rings. The Morgan fingerprint density at radius 3 is 3.00 bits per heavy atom. The summed E-state index contributed by atoms with van der Waals surface area (Å²) < 4.78 is 4.97. The van der Waals surface area contributed by atoms with Crippen LogP contribution in [0.2, 0.25) is 5.02 Å². The molecule has 2 N–H and O–H groups in total. The van der Waals surface area contributed by atoms with Crippen LogP contribution in [0.1, 0.15) is 5.82 Å². The first-order chi connectivity index (χ1) is 6.31. The third-order valence-corrected chi connectivity index (χ3v) is 2.79. The minimum atomic E-state index is 0.270. The number of hydrogen-bond acceptors (Lipinski definition) is 5. The summed E-state index contributed by atoms with van der Waals surface area (Å²) in [7, 11) is 0. The van der Waals surface area contributed by atoms with E-state index in [1.54, 1.807) is 6.07 Å². The predicted octanol–water partition coefficient (Wildman–Crippen LogP) is 1.91. The Labute approximate surface area is 83.3 Å². The Morgan fingerprint density at radius 1 is 1.62 bits per heavy atom. The Hall–Kier alpha value is -0.910. The zero-order chi connectivity index (χ0) is 9.26. The molecule has 0 saturated heterocycles. The molecule has 2 aromatic heterocycles. The van der Waals surface area contributed by atoms with Gasteiger partial charge in [-0.3, -0.25) is 0 Å². The van der Waals surface area contributed by atoms with Gasteiger partial charge in [-0.15, -0.1) is 11.3 Å². The summed E-state index contributed by atoms with van der Waals surface area (Å²) in [5.74, 6) is 0.917. The molecule has 0 aromatic carbocycles. The molecule has 4 nitrogen and oxygen atoms in total. The number of aromatic nitrogens is 2. The molecule has 13 heavy (non-hydrogen) atoms. The topological polar surface area (TPSA) is 64.9 Å². The molecule has 0 saturated carbocycles. The predicted molar refractivity (Wildman–Crippen MR) is 50.5 cm³/mol. The summed E-state index contributed by atoms with van der Waals surface area (Å²) in [5, 5.41) is 6.16. The van der Waals surface area contributed by atoms with Gasteiger partial charge in [-0.25, -0.2) is 0 Å². The highest BCUT2D eigenvalue weighted by Crippen LogP contribution is 2.31. The van der Waals surface area contributed by atoms with Crippen molar-refractivity contribution < 1.29 is 4.52 Å². The maximum absolute atomic E-state index is 5.88. The van der Waals surface area contributed by atoms with E-state index in [9.17, 15) is 0 Å². The Kier molecular flexibility index (Phi) is 2.30. The summed E-state index contributed by atoms with van der Waals surface area (Å²) in [6.07, 6.45) is 0. The lowest BCUT2D eigenvalue weighted by Crippen LogP contribution is -1.97. The number of nitrogens with zero attached hydrogens (tertiary/aromatic N) is 2. The fourth-order valence-corrected chi connectivity index (χ4v) is 1.93. The van der Waals surface area contributed by atoms with E-state index < -0.39 is 0 Å². The smallest absolute Gasteiger partial charge is 0.269 e. The second kappa shape index (κ2) is 3.45. The van der Waals surface area contributed by atoms with Crippen molar-refractivity contribution in [2.75, 3.05) is 0 Å². The normalized spacial score (nSPS) is 10.6. The van der Waals surface area contributed by atoms with Gasteiger partial charge in [-0.2, -0.15) is 4.98 Å². The van der Waals surface area contributed by atoms with Crippen LogP contribution in [-0.2, 0) is 6.54 Å². The quantitative estimate of drug-likeness (QED) is 0.831. The van der Waals surface area contributed by atoms with Crippen molar-refractivity contribution in [2.24, 2.45) is 5.73 Å². The number of hydrogen-bond donors (Lipinski definition) is 1. The summed E-state index contributed by atoms with van der Waals surface area (Å²) in [6, 6.07) is 1.79. The van der Waals surface area contributed by atoms with E-state index in [1.807, 2.05) is 5.38 Å². The van der Waals surface area contributed by atoms with Crippen LogP contribution >= 0.6 is 22.9 Å². The largest absolute Gasteiger partial charge is 0.333 e. The van der Waals surface area contributed by atoms with Gasteiger partial charge in [0.2, 0.25) is 0 Å². The average molecular weight is 216 g/mol. The van der Waals surface area contributed by atoms with E-state index >= 15 is 0 Å². The molecule has 68 valence electrons. The highest BCUT2D eigenvalue weighted by molar-refractivity contribution is 7.14. The van der Waals surface area contributed by atoms with Crippen LogP contribution in [0.25, 0.3) is 10.8 Å². The van der Waals surface area contributed by atoms with E-state index in [1.165, 1.54) is 11.3 Å². The zero-order valence-electron chi connectivity index (χ0n) is 6.53. The molecule has 0 aliphatic heterocycles. The molecule has 2 rings (SSSR count). The third-order valence-electron chi connectivity index (χ3n) is 1.46. The molecular weight excluding hydrogens is 210 g/mol. The van der Waals surface area contributed by atoms with E-state index in [0.29, 0.717) is 16.7 Å². The lowest BCUT2D eigenvalue weighted by atomic mass is 10.4. The van der Waals surface area contributed by atoms with E-state index in [0.717, 1.165) is 4.88 Å². The van der Waals surface area contributed by atoms with Crippen molar-refractivity contribution in [1.82, 2.24) is 10.1 Å². The summed E-state index contributed by atoms with van der Waals surface area (Å²) in [5.41, 5.74) is 5.34. The Morgan fingerprint density at radius 2 is 2.46 bits per heavy atom. The molecule has 2 aromatic rings. The van der Waals surface area contributed by atoms with Crippen molar-refractivity contribution in [3.8, 4) is 10.8 Å². The maximum atomic E-state index is 5.88. The molecule has 0 aliphatic carbocycles. The molecular formula is C7H6ClN3OS. The molecule has 0 fully saturated rings. The summed E-state index contributed by atoms with van der Waals surface area (Å²) in [6.45, 7) is 0.270. The van der Waals surface area contributed by atoms with Gasteiger partial charge in [-0.1, -0.05) is 16.8 Å². The fraction of sp³-hybridized carbons (Fsp3) is 0.143. The Bertz CT molecular complexity index is 411. The van der Waals surface area contributed by atoms with Gasteiger partial charge in [0.25, 0.3) is 5.89 Å². The first-order valence-corrected chi connectivity index (χ1v) is 4.83. The van der Waals surface area contributed by atoms with Crippen molar-refractivity contribution >= 4 is 22.9 Å². The van der Waals surface area contributed by atoms with Crippen LogP contribution in [0.15, 0.2) is 16.0 Å². The molecule has 0 unspecified atom stereocenters. The van der Waals surface area contributed by atoms with Gasteiger partial charge in [0.15, 0.2) is 5.82 Å². The van der Waals surface area contributed by atoms with Gasteiger partial charge < -0.3 is 10.3 Å². The number of halogens is 1. The lowest BCUT2D eigenvalue weighted by Gasteiger charge is -1.86. The molecule has 6 heteroatoms. The van der Waals surface area contributed by atoms with Gasteiger partial charge in [0, 0.05) is 0 Å². The maximum Gasteiger partial charge on any atom is 0.269 e. The standard InChI is InChI=1S/C7H6ClN3OS/c8-4-1-2-13-6(4)7-10-5(3-9)11-12-7/h1-2H,3,9H2. The molecule has 0 radical (unpaired) electrons. The zero-order valence-corrected chi connectivity index (χ0v) is 8.10. The first-order valence-electron chi connectivity index (χ1n) is 3.57. The number of nitrogens with two attached hydrogens (primary N) is 1. The number of rotatable bonds is 2. The number of thiophene rings is 1. The van der Waals surface area contributed by atoms with Crippen molar-refractivity contribution in [2.45, 2.75) is 6.54 Å². The van der Waals surface area contributed by atoms with Crippen molar-refractivity contribution in [3.63, 3.8) is 0 Å². The monoisotopic (exact) mass is 215 g/mol. The van der Waals surface area contributed by atoms with Crippen LogP contribution in [0, 0.1) is 0 Å². The van der Waals surface area contributed by atoms with Gasteiger partial charge >= 0.3 is 0 Å². The van der Waals surface area contributed by atoms with Crippen molar-refractivity contribution in [1.29, 1.82) is 0 Å². The summed E-state index contributed by atoms with van der Waals surface area (Å²) in [4.78, 5) is 4.84. The van der Waals surface area contributed by atoms with Gasteiger partial charge in [0.05, 0.1) is 11.6 Å². The molecule has 0 bridgehead atoms. The van der Waals surface area contributed by atoms with E-state index in [-0.39, 0.29) is 6.54 Å². The van der Waals surface area contributed by atoms with Crippen LogP contribution in [0.5, 0.6) is 0 Å². The molecule has 0 atom stereocenters. The fourth-order valence-electron chi connectivity index (χ4n) is 0.875.